The Bertz CT molecular complexity index is 563. The van der Waals surface area contributed by atoms with Gasteiger partial charge in [-0.2, -0.15) is 0 Å². The molecule has 5 nitrogen and oxygen atoms in total. The maximum Gasteiger partial charge on any atom is 0.240 e. The van der Waals surface area contributed by atoms with Crippen molar-refractivity contribution in [3.63, 3.8) is 0 Å². The van der Waals surface area contributed by atoms with Gasteiger partial charge >= 0.3 is 0 Å². The summed E-state index contributed by atoms with van der Waals surface area (Å²) in [6.45, 7) is 4.09. The van der Waals surface area contributed by atoms with Gasteiger partial charge in [0.2, 0.25) is 10.0 Å². The van der Waals surface area contributed by atoms with E-state index in [1.54, 1.807) is 6.07 Å². The second kappa shape index (κ2) is 8.33. The number of methoxy groups -OCH3 is 1. The average molecular weight is 402 g/mol. The molecule has 3 N–H and O–H groups in total. The Balaban J connectivity index is 0.00000400. The third-order valence-electron chi connectivity index (χ3n) is 3.41. The summed E-state index contributed by atoms with van der Waals surface area (Å²) in [5.41, 5.74) is 5.58. The molecule has 0 aliphatic heterocycles. The molecule has 0 saturated carbocycles. The first kappa shape index (κ1) is 20.7. The van der Waals surface area contributed by atoms with Gasteiger partial charge in [-0.05, 0) is 25.0 Å². The zero-order valence-electron chi connectivity index (χ0n) is 12.3. The maximum absolute atomic E-state index is 12.3. The Morgan fingerprint density at radius 1 is 1.29 bits per heavy atom. The molecule has 0 atom stereocenters. The molecule has 1 rings (SSSR count). The summed E-state index contributed by atoms with van der Waals surface area (Å²) in [6, 6.07) is 4.70. The number of hydrogen-bond donors (Lipinski definition) is 2. The highest BCUT2D eigenvalue weighted by Gasteiger charge is 2.24. The van der Waals surface area contributed by atoms with Crippen molar-refractivity contribution < 1.29 is 13.2 Å². The predicted octanol–water partition coefficient (Wildman–Crippen LogP) is 2.68. The van der Waals surface area contributed by atoms with Crippen molar-refractivity contribution in [2.75, 3.05) is 13.7 Å². The molecule has 0 aliphatic carbocycles. The molecule has 0 aromatic heterocycles. The summed E-state index contributed by atoms with van der Waals surface area (Å²) in [7, 11) is -2.12. The first-order valence-corrected chi connectivity index (χ1v) is 8.67. The molecular formula is C13H22BrClN2O3S. The third kappa shape index (κ3) is 5.75. The summed E-state index contributed by atoms with van der Waals surface area (Å²) in [5.74, 6) is 0.477. The number of halogens is 2. The van der Waals surface area contributed by atoms with Crippen molar-refractivity contribution in [1.82, 2.24) is 4.72 Å². The number of nitrogens with one attached hydrogen (secondary N) is 1. The fraction of sp³-hybridized carbons (Fsp3) is 0.538. The second-order valence-corrected chi connectivity index (χ2v) is 7.40. The number of hydrogen-bond acceptors (Lipinski definition) is 4. The van der Waals surface area contributed by atoms with Crippen molar-refractivity contribution >= 4 is 38.4 Å². The van der Waals surface area contributed by atoms with Crippen LogP contribution in [0.1, 0.15) is 26.7 Å². The highest BCUT2D eigenvalue weighted by molar-refractivity contribution is 9.10. The minimum absolute atomic E-state index is 0. The van der Waals surface area contributed by atoms with E-state index in [1.165, 1.54) is 19.2 Å². The Morgan fingerprint density at radius 2 is 1.86 bits per heavy atom. The molecule has 122 valence electrons. The molecule has 0 fully saturated rings. The van der Waals surface area contributed by atoms with Gasteiger partial charge in [0.1, 0.15) is 5.75 Å². The van der Waals surface area contributed by atoms with E-state index in [4.69, 9.17) is 10.5 Å². The van der Waals surface area contributed by atoms with Crippen LogP contribution >= 0.6 is 28.3 Å². The zero-order chi connectivity index (χ0) is 15.4. The molecule has 8 heteroatoms. The molecule has 0 unspecified atom stereocenters. The van der Waals surface area contributed by atoms with E-state index in [2.05, 4.69) is 20.7 Å². The van der Waals surface area contributed by atoms with E-state index >= 15 is 0 Å². The SMILES string of the molecule is CCC(N)(CC)CNS(=O)(=O)c1cc(Br)cc(OC)c1.Cl. The van der Waals surface area contributed by atoms with E-state index < -0.39 is 15.6 Å². The standard InChI is InChI=1S/C13H21BrN2O3S.ClH/c1-4-13(15,5-2)9-16-20(17,18)12-7-10(14)6-11(8-12)19-3;/h6-8,16H,4-5,9,15H2,1-3H3;1H. The van der Waals surface area contributed by atoms with Crippen LogP contribution in [0, 0.1) is 0 Å². The van der Waals surface area contributed by atoms with Crippen LogP contribution < -0.4 is 15.2 Å². The molecule has 0 radical (unpaired) electrons. The first-order valence-electron chi connectivity index (χ1n) is 6.39. The molecule has 0 heterocycles. The molecule has 0 amide bonds. The lowest BCUT2D eigenvalue weighted by Gasteiger charge is -2.26. The molecule has 21 heavy (non-hydrogen) atoms. The lowest BCUT2D eigenvalue weighted by Crippen LogP contribution is -2.49. The minimum atomic E-state index is -3.61. The quantitative estimate of drug-likeness (QED) is 0.736. The van der Waals surface area contributed by atoms with Gasteiger partial charge in [0, 0.05) is 22.6 Å². The summed E-state index contributed by atoms with van der Waals surface area (Å²) in [4.78, 5) is 0.151. The van der Waals surface area contributed by atoms with E-state index in [-0.39, 0.29) is 23.8 Å². The molecule has 0 saturated heterocycles. The Morgan fingerprint density at radius 3 is 2.33 bits per heavy atom. The third-order valence-corrected chi connectivity index (χ3v) is 5.25. The molecular weight excluding hydrogens is 380 g/mol. The first-order chi connectivity index (χ1) is 9.26. The van der Waals surface area contributed by atoms with E-state index in [9.17, 15) is 8.42 Å². The summed E-state index contributed by atoms with van der Waals surface area (Å²) < 4.78 is 32.9. The smallest absolute Gasteiger partial charge is 0.240 e. The number of sulfonamides is 1. The molecule has 0 aliphatic rings. The van der Waals surface area contributed by atoms with Crippen molar-refractivity contribution in [3.05, 3.63) is 22.7 Å². The van der Waals surface area contributed by atoms with Crippen LogP contribution in [0.2, 0.25) is 0 Å². The lowest BCUT2D eigenvalue weighted by molar-refractivity contribution is 0.391. The zero-order valence-corrected chi connectivity index (χ0v) is 15.6. The summed E-state index contributed by atoms with van der Waals surface area (Å²) >= 11 is 3.27. The highest BCUT2D eigenvalue weighted by atomic mass is 79.9. The van der Waals surface area contributed by atoms with Crippen molar-refractivity contribution in [2.45, 2.75) is 37.1 Å². The number of ether oxygens (including phenoxy) is 1. The van der Waals surface area contributed by atoms with Gasteiger partial charge in [-0.15, -0.1) is 12.4 Å². The lowest BCUT2D eigenvalue weighted by atomic mass is 9.95. The largest absolute Gasteiger partial charge is 0.497 e. The van der Waals surface area contributed by atoms with Gasteiger partial charge in [-0.1, -0.05) is 29.8 Å². The Kier molecular flexibility index (Phi) is 8.20. The van der Waals surface area contributed by atoms with Crippen molar-refractivity contribution in [2.24, 2.45) is 5.73 Å². The number of nitrogens with two attached hydrogens (primary N) is 1. The topological polar surface area (TPSA) is 81.4 Å². The van der Waals surface area contributed by atoms with Crippen LogP contribution in [-0.4, -0.2) is 27.6 Å². The Labute approximate surface area is 141 Å². The van der Waals surface area contributed by atoms with Gasteiger partial charge < -0.3 is 10.5 Å². The highest BCUT2D eigenvalue weighted by Crippen LogP contribution is 2.24. The Hall–Kier alpha value is -0.340. The van der Waals surface area contributed by atoms with Crippen molar-refractivity contribution in [1.29, 1.82) is 0 Å². The maximum atomic E-state index is 12.3. The normalized spacial score (nSPS) is 11.9. The second-order valence-electron chi connectivity index (χ2n) is 4.72. The van der Waals surface area contributed by atoms with Crippen LogP contribution in [0.5, 0.6) is 5.75 Å². The summed E-state index contributed by atoms with van der Waals surface area (Å²) in [5, 5.41) is 0. The van der Waals surface area contributed by atoms with Crippen molar-refractivity contribution in [3.8, 4) is 5.75 Å². The molecule has 0 spiro atoms. The molecule has 0 bridgehead atoms. The van der Waals surface area contributed by atoms with Gasteiger partial charge in [0.25, 0.3) is 0 Å². The van der Waals surface area contributed by atoms with Gasteiger partial charge in [0.15, 0.2) is 0 Å². The summed E-state index contributed by atoms with van der Waals surface area (Å²) in [6.07, 6.45) is 1.40. The van der Waals surface area contributed by atoms with Crippen LogP contribution in [0.25, 0.3) is 0 Å². The monoisotopic (exact) mass is 400 g/mol. The average Bonchev–Trinajstić information content (AvgIpc) is 2.44. The number of rotatable bonds is 7. The van der Waals surface area contributed by atoms with Crippen LogP contribution in [-0.2, 0) is 10.0 Å². The van der Waals surface area contributed by atoms with Gasteiger partial charge in [0.05, 0.1) is 12.0 Å². The fourth-order valence-electron chi connectivity index (χ4n) is 1.63. The van der Waals surface area contributed by atoms with Crippen LogP contribution in [0.4, 0.5) is 0 Å². The van der Waals surface area contributed by atoms with E-state index in [1.807, 2.05) is 13.8 Å². The minimum Gasteiger partial charge on any atom is -0.497 e. The fourth-order valence-corrected chi connectivity index (χ4v) is 3.45. The van der Waals surface area contributed by atoms with E-state index in [0.717, 1.165) is 0 Å². The molecule has 1 aromatic rings. The molecule has 1 aromatic carbocycles. The van der Waals surface area contributed by atoms with Gasteiger partial charge in [-0.25, -0.2) is 13.1 Å². The van der Waals surface area contributed by atoms with Gasteiger partial charge in [-0.3, -0.25) is 0 Å². The van der Waals surface area contributed by atoms with E-state index in [0.29, 0.717) is 23.1 Å². The van der Waals surface area contributed by atoms with Crippen LogP contribution in [0.3, 0.4) is 0 Å². The number of benzene rings is 1. The predicted molar refractivity (Wildman–Crippen MR) is 90.6 cm³/mol. The van der Waals surface area contributed by atoms with Crippen LogP contribution in [0.15, 0.2) is 27.6 Å².